The Morgan fingerprint density at radius 1 is 1.38 bits per heavy atom. The Hall–Kier alpha value is -1.03. The first-order chi connectivity index (χ1) is 6.20. The van der Waals surface area contributed by atoms with E-state index in [1.54, 1.807) is 25.3 Å². The van der Waals surface area contributed by atoms with E-state index in [1.807, 2.05) is 0 Å². The van der Waals surface area contributed by atoms with Gasteiger partial charge in [0.1, 0.15) is 5.75 Å². The Balaban J connectivity index is 3.15. The van der Waals surface area contributed by atoms with Gasteiger partial charge in [-0.25, -0.2) is 4.79 Å². The van der Waals surface area contributed by atoms with Gasteiger partial charge >= 0.3 is 5.97 Å². The SMILES string of the molecule is COC(=O)c1cccc(OC)c1Br. The Labute approximate surface area is 84.8 Å². The summed E-state index contributed by atoms with van der Waals surface area (Å²) in [6.07, 6.45) is 0. The van der Waals surface area contributed by atoms with Gasteiger partial charge in [-0.15, -0.1) is 0 Å². The molecule has 0 heterocycles. The number of carbonyl (C=O) groups excluding carboxylic acids is 1. The topological polar surface area (TPSA) is 35.5 Å². The predicted molar refractivity (Wildman–Crippen MR) is 52.0 cm³/mol. The van der Waals surface area contributed by atoms with Gasteiger partial charge in [0.15, 0.2) is 0 Å². The Morgan fingerprint density at radius 3 is 2.62 bits per heavy atom. The molecule has 0 atom stereocenters. The van der Waals surface area contributed by atoms with Crippen molar-refractivity contribution in [1.29, 1.82) is 0 Å². The average molecular weight is 245 g/mol. The average Bonchev–Trinajstić information content (AvgIpc) is 2.17. The molecule has 0 unspecified atom stereocenters. The van der Waals surface area contributed by atoms with Crippen LogP contribution in [0.1, 0.15) is 10.4 Å². The van der Waals surface area contributed by atoms with E-state index >= 15 is 0 Å². The number of methoxy groups -OCH3 is 2. The highest BCUT2D eigenvalue weighted by Crippen LogP contribution is 2.28. The van der Waals surface area contributed by atoms with Crippen LogP contribution in [0, 0.1) is 0 Å². The van der Waals surface area contributed by atoms with Gasteiger partial charge in [-0.1, -0.05) is 6.07 Å². The molecule has 13 heavy (non-hydrogen) atoms. The van der Waals surface area contributed by atoms with Gasteiger partial charge in [0.25, 0.3) is 0 Å². The third kappa shape index (κ3) is 2.01. The number of hydrogen-bond acceptors (Lipinski definition) is 3. The van der Waals surface area contributed by atoms with Crippen LogP contribution in [0.15, 0.2) is 22.7 Å². The maximum absolute atomic E-state index is 11.2. The molecule has 1 aromatic carbocycles. The maximum Gasteiger partial charge on any atom is 0.339 e. The van der Waals surface area contributed by atoms with E-state index in [9.17, 15) is 4.79 Å². The number of halogens is 1. The lowest BCUT2D eigenvalue weighted by atomic mass is 10.2. The minimum Gasteiger partial charge on any atom is -0.496 e. The van der Waals surface area contributed by atoms with Crippen LogP contribution in [0.3, 0.4) is 0 Å². The minimum absolute atomic E-state index is 0.384. The number of ether oxygens (including phenoxy) is 2. The van der Waals surface area contributed by atoms with Gasteiger partial charge < -0.3 is 9.47 Å². The maximum atomic E-state index is 11.2. The Bertz CT molecular complexity index is 323. The molecule has 0 N–H and O–H groups in total. The molecular formula is C9H9BrO3. The van der Waals surface area contributed by atoms with E-state index in [0.717, 1.165) is 0 Å². The molecule has 0 aromatic heterocycles. The number of hydrogen-bond donors (Lipinski definition) is 0. The van der Waals surface area contributed by atoms with Crippen molar-refractivity contribution in [1.82, 2.24) is 0 Å². The van der Waals surface area contributed by atoms with Crippen LogP contribution >= 0.6 is 15.9 Å². The molecule has 0 bridgehead atoms. The number of esters is 1. The molecule has 3 nitrogen and oxygen atoms in total. The molecule has 0 amide bonds. The monoisotopic (exact) mass is 244 g/mol. The van der Waals surface area contributed by atoms with Gasteiger partial charge in [-0.05, 0) is 28.1 Å². The van der Waals surface area contributed by atoms with Crippen molar-refractivity contribution < 1.29 is 14.3 Å². The molecule has 4 heteroatoms. The molecule has 0 aliphatic carbocycles. The minimum atomic E-state index is -0.384. The summed E-state index contributed by atoms with van der Waals surface area (Å²) >= 11 is 3.26. The molecule has 0 radical (unpaired) electrons. The largest absolute Gasteiger partial charge is 0.496 e. The summed E-state index contributed by atoms with van der Waals surface area (Å²) in [4.78, 5) is 11.2. The fourth-order valence-electron chi connectivity index (χ4n) is 0.936. The van der Waals surface area contributed by atoms with E-state index in [1.165, 1.54) is 7.11 Å². The predicted octanol–water partition coefficient (Wildman–Crippen LogP) is 2.24. The quantitative estimate of drug-likeness (QED) is 0.749. The Morgan fingerprint density at radius 2 is 2.08 bits per heavy atom. The highest BCUT2D eigenvalue weighted by molar-refractivity contribution is 9.10. The lowest BCUT2D eigenvalue weighted by Crippen LogP contribution is -2.02. The molecule has 0 fully saturated rings. The molecule has 0 spiro atoms. The summed E-state index contributed by atoms with van der Waals surface area (Å²) in [5.41, 5.74) is 0.460. The second kappa shape index (κ2) is 4.28. The zero-order chi connectivity index (χ0) is 9.84. The first-order valence-corrected chi connectivity index (χ1v) is 4.40. The van der Waals surface area contributed by atoms with Crippen LogP contribution in [0.2, 0.25) is 0 Å². The molecule has 0 aliphatic rings. The van der Waals surface area contributed by atoms with Gasteiger partial charge in [-0.3, -0.25) is 0 Å². The van der Waals surface area contributed by atoms with Crippen molar-refractivity contribution in [2.24, 2.45) is 0 Å². The molecule has 0 saturated carbocycles. The standard InChI is InChI=1S/C9H9BrO3/c1-12-7-5-3-4-6(8(7)10)9(11)13-2/h3-5H,1-2H3. The fourth-order valence-corrected chi connectivity index (χ4v) is 1.52. The summed E-state index contributed by atoms with van der Waals surface area (Å²) in [7, 11) is 2.88. The summed E-state index contributed by atoms with van der Waals surface area (Å²) in [5.74, 6) is 0.230. The van der Waals surface area contributed by atoms with E-state index in [0.29, 0.717) is 15.8 Å². The van der Waals surface area contributed by atoms with Gasteiger partial charge in [0.05, 0.1) is 24.3 Å². The Kier molecular flexibility index (Phi) is 3.31. The van der Waals surface area contributed by atoms with Crippen LogP contribution in [-0.2, 0) is 4.74 Å². The first kappa shape index (κ1) is 10.1. The second-order valence-corrected chi connectivity index (χ2v) is 3.11. The number of benzene rings is 1. The third-order valence-electron chi connectivity index (χ3n) is 1.59. The van der Waals surface area contributed by atoms with Crippen molar-refractivity contribution >= 4 is 21.9 Å². The lowest BCUT2D eigenvalue weighted by molar-refractivity contribution is 0.0599. The molecule has 1 aromatic rings. The van der Waals surface area contributed by atoms with Crippen molar-refractivity contribution in [2.75, 3.05) is 14.2 Å². The summed E-state index contributed by atoms with van der Waals surface area (Å²) < 4.78 is 10.2. The smallest absolute Gasteiger partial charge is 0.339 e. The van der Waals surface area contributed by atoms with Crippen LogP contribution < -0.4 is 4.74 Å². The fraction of sp³-hybridized carbons (Fsp3) is 0.222. The highest BCUT2D eigenvalue weighted by atomic mass is 79.9. The zero-order valence-electron chi connectivity index (χ0n) is 7.33. The summed E-state index contributed by atoms with van der Waals surface area (Å²) in [5, 5.41) is 0. The van der Waals surface area contributed by atoms with Crippen LogP contribution in [0.5, 0.6) is 5.75 Å². The number of carbonyl (C=O) groups is 1. The molecular weight excluding hydrogens is 236 g/mol. The third-order valence-corrected chi connectivity index (χ3v) is 2.41. The van der Waals surface area contributed by atoms with E-state index in [2.05, 4.69) is 20.7 Å². The van der Waals surface area contributed by atoms with Crippen LogP contribution in [0.4, 0.5) is 0 Å². The summed E-state index contributed by atoms with van der Waals surface area (Å²) in [6.45, 7) is 0. The zero-order valence-corrected chi connectivity index (χ0v) is 8.92. The van der Waals surface area contributed by atoms with Crippen molar-refractivity contribution in [3.63, 3.8) is 0 Å². The number of rotatable bonds is 2. The molecule has 0 saturated heterocycles. The molecule has 70 valence electrons. The van der Waals surface area contributed by atoms with Gasteiger partial charge in [0.2, 0.25) is 0 Å². The van der Waals surface area contributed by atoms with Crippen LogP contribution in [0.25, 0.3) is 0 Å². The van der Waals surface area contributed by atoms with Gasteiger partial charge in [-0.2, -0.15) is 0 Å². The lowest BCUT2D eigenvalue weighted by Gasteiger charge is -2.06. The van der Waals surface area contributed by atoms with E-state index in [4.69, 9.17) is 4.74 Å². The van der Waals surface area contributed by atoms with Crippen molar-refractivity contribution in [3.8, 4) is 5.75 Å². The van der Waals surface area contributed by atoms with Gasteiger partial charge in [0, 0.05) is 0 Å². The first-order valence-electron chi connectivity index (χ1n) is 3.61. The normalized spacial score (nSPS) is 9.46. The summed E-state index contributed by atoms with van der Waals surface area (Å²) in [6, 6.07) is 5.16. The van der Waals surface area contributed by atoms with E-state index < -0.39 is 0 Å². The molecule has 1 rings (SSSR count). The second-order valence-electron chi connectivity index (χ2n) is 2.31. The van der Waals surface area contributed by atoms with E-state index in [-0.39, 0.29) is 5.97 Å². The van der Waals surface area contributed by atoms with Crippen molar-refractivity contribution in [2.45, 2.75) is 0 Å². The highest BCUT2D eigenvalue weighted by Gasteiger charge is 2.12. The van der Waals surface area contributed by atoms with Crippen molar-refractivity contribution in [3.05, 3.63) is 28.2 Å². The van der Waals surface area contributed by atoms with Crippen LogP contribution in [-0.4, -0.2) is 20.2 Å². The molecule has 0 aliphatic heterocycles.